The van der Waals surface area contributed by atoms with E-state index in [4.69, 9.17) is 10.4 Å². The van der Waals surface area contributed by atoms with E-state index in [2.05, 4.69) is 5.32 Å². The van der Waals surface area contributed by atoms with Crippen LogP contribution in [0.2, 0.25) is 0 Å². The van der Waals surface area contributed by atoms with Gasteiger partial charge in [-0.3, -0.25) is 4.79 Å². The number of nitrogens with one attached hydrogen (secondary N) is 1. The SMILES string of the molecule is N#CC1(C(=O)NCCO)CCC1. The Bertz CT molecular complexity index is 216. The normalized spacial score (nSPS) is 19.0. The van der Waals surface area contributed by atoms with Crippen LogP contribution in [0, 0.1) is 16.7 Å². The first-order chi connectivity index (χ1) is 5.75. The van der Waals surface area contributed by atoms with Gasteiger partial charge in [-0.25, -0.2) is 0 Å². The molecule has 0 aromatic heterocycles. The van der Waals surface area contributed by atoms with E-state index in [-0.39, 0.29) is 19.1 Å². The minimum absolute atomic E-state index is 0.0761. The molecule has 1 saturated carbocycles. The quantitative estimate of drug-likeness (QED) is 0.612. The molecule has 1 amide bonds. The third kappa shape index (κ3) is 1.41. The highest BCUT2D eigenvalue weighted by atomic mass is 16.3. The average Bonchev–Trinajstić information content (AvgIpc) is 2.00. The van der Waals surface area contributed by atoms with Crippen LogP contribution in [-0.4, -0.2) is 24.2 Å². The number of aliphatic hydroxyl groups excluding tert-OH is 1. The van der Waals surface area contributed by atoms with Gasteiger partial charge in [0.2, 0.25) is 5.91 Å². The van der Waals surface area contributed by atoms with Crippen molar-refractivity contribution in [1.29, 1.82) is 5.26 Å². The predicted molar refractivity (Wildman–Crippen MR) is 42.0 cm³/mol. The van der Waals surface area contributed by atoms with Gasteiger partial charge in [0.25, 0.3) is 0 Å². The van der Waals surface area contributed by atoms with Crippen LogP contribution in [0.5, 0.6) is 0 Å². The van der Waals surface area contributed by atoms with Gasteiger partial charge in [-0.2, -0.15) is 5.26 Å². The number of carbonyl (C=O) groups excluding carboxylic acids is 1. The van der Waals surface area contributed by atoms with Crippen molar-refractivity contribution in [3.05, 3.63) is 0 Å². The second kappa shape index (κ2) is 3.55. The first kappa shape index (κ1) is 9.01. The van der Waals surface area contributed by atoms with E-state index in [1.165, 1.54) is 0 Å². The molecule has 0 aromatic rings. The van der Waals surface area contributed by atoms with Gasteiger partial charge in [0.15, 0.2) is 0 Å². The average molecular weight is 168 g/mol. The second-order valence-electron chi connectivity index (χ2n) is 3.03. The number of aliphatic hydroxyl groups is 1. The van der Waals surface area contributed by atoms with Crippen LogP contribution < -0.4 is 5.32 Å². The number of nitrogens with zero attached hydrogens (tertiary/aromatic N) is 1. The van der Waals surface area contributed by atoms with Crippen molar-refractivity contribution in [1.82, 2.24) is 5.32 Å². The predicted octanol–water partition coefficient (Wildman–Crippen LogP) is -0.211. The smallest absolute Gasteiger partial charge is 0.240 e. The summed E-state index contributed by atoms with van der Waals surface area (Å²) in [5.41, 5.74) is -0.783. The molecule has 0 heterocycles. The fourth-order valence-electron chi connectivity index (χ4n) is 1.26. The number of rotatable bonds is 3. The lowest BCUT2D eigenvalue weighted by atomic mass is 9.69. The van der Waals surface area contributed by atoms with Gasteiger partial charge in [-0.1, -0.05) is 0 Å². The van der Waals surface area contributed by atoms with Crippen LogP contribution in [0.3, 0.4) is 0 Å². The summed E-state index contributed by atoms with van der Waals surface area (Å²) >= 11 is 0. The van der Waals surface area contributed by atoms with Crippen LogP contribution in [-0.2, 0) is 4.79 Å². The van der Waals surface area contributed by atoms with Crippen molar-refractivity contribution in [3.63, 3.8) is 0 Å². The third-order valence-corrected chi connectivity index (χ3v) is 2.25. The Morgan fingerprint density at radius 3 is 2.67 bits per heavy atom. The molecule has 1 aliphatic carbocycles. The number of hydrogen-bond acceptors (Lipinski definition) is 3. The van der Waals surface area contributed by atoms with Crippen molar-refractivity contribution in [2.45, 2.75) is 19.3 Å². The molecule has 1 rings (SSSR count). The number of carbonyl (C=O) groups is 1. The van der Waals surface area contributed by atoms with Gasteiger partial charge in [0.05, 0.1) is 12.7 Å². The van der Waals surface area contributed by atoms with Gasteiger partial charge in [0, 0.05) is 6.54 Å². The zero-order valence-corrected chi connectivity index (χ0v) is 6.84. The van der Waals surface area contributed by atoms with Crippen LogP contribution >= 0.6 is 0 Å². The molecule has 0 spiro atoms. The lowest BCUT2D eigenvalue weighted by Crippen LogP contribution is -2.45. The maximum absolute atomic E-state index is 11.3. The van der Waals surface area contributed by atoms with Crippen LogP contribution in [0.1, 0.15) is 19.3 Å². The van der Waals surface area contributed by atoms with E-state index in [1.54, 1.807) is 0 Å². The molecular weight excluding hydrogens is 156 g/mol. The fraction of sp³-hybridized carbons (Fsp3) is 0.750. The Labute approximate surface area is 71.2 Å². The summed E-state index contributed by atoms with van der Waals surface area (Å²) in [5.74, 6) is -0.231. The zero-order valence-electron chi connectivity index (χ0n) is 6.84. The standard InChI is InChI=1S/C8H12N2O2/c9-6-8(2-1-3-8)7(12)10-4-5-11/h11H,1-5H2,(H,10,12). The first-order valence-electron chi connectivity index (χ1n) is 4.05. The zero-order chi connectivity index (χ0) is 9.03. The summed E-state index contributed by atoms with van der Waals surface area (Å²) in [6.45, 7) is 0.162. The molecular formula is C8H12N2O2. The Morgan fingerprint density at radius 1 is 1.67 bits per heavy atom. The molecule has 1 fully saturated rings. The summed E-state index contributed by atoms with van der Waals surface area (Å²) in [4.78, 5) is 11.3. The molecule has 0 unspecified atom stereocenters. The van der Waals surface area contributed by atoms with Gasteiger partial charge in [-0.05, 0) is 19.3 Å². The van der Waals surface area contributed by atoms with Gasteiger partial charge >= 0.3 is 0 Å². The summed E-state index contributed by atoms with van der Waals surface area (Å²) in [6, 6.07) is 2.03. The Morgan fingerprint density at radius 2 is 2.33 bits per heavy atom. The first-order valence-corrected chi connectivity index (χ1v) is 4.05. The molecule has 0 bridgehead atoms. The molecule has 0 saturated heterocycles. The van der Waals surface area contributed by atoms with Crippen LogP contribution in [0.25, 0.3) is 0 Å². The maximum Gasteiger partial charge on any atom is 0.240 e. The van der Waals surface area contributed by atoms with Crippen molar-refractivity contribution in [2.24, 2.45) is 5.41 Å². The highest BCUT2D eigenvalue weighted by Gasteiger charge is 2.44. The lowest BCUT2D eigenvalue weighted by Gasteiger charge is -2.33. The third-order valence-electron chi connectivity index (χ3n) is 2.25. The lowest BCUT2D eigenvalue weighted by molar-refractivity contribution is -0.131. The minimum atomic E-state index is -0.783. The number of amides is 1. The Balaban J connectivity index is 2.45. The fourth-order valence-corrected chi connectivity index (χ4v) is 1.26. The van der Waals surface area contributed by atoms with E-state index >= 15 is 0 Å². The van der Waals surface area contributed by atoms with Crippen LogP contribution in [0.15, 0.2) is 0 Å². The summed E-state index contributed by atoms with van der Waals surface area (Å²) < 4.78 is 0. The molecule has 0 aromatic carbocycles. The molecule has 0 radical (unpaired) electrons. The Kier molecular flexibility index (Phi) is 2.66. The van der Waals surface area contributed by atoms with E-state index in [1.807, 2.05) is 6.07 Å². The second-order valence-corrected chi connectivity index (χ2v) is 3.03. The van der Waals surface area contributed by atoms with E-state index in [0.717, 1.165) is 6.42 Å². The van der Waals surface area contributed by atoms with Gasteiger partial charge in [-0.15, -0.1) is 0 Å². The molecule has 2 N–H and O–H groups in total. The van der Waals surface area contributed by atoms with E-state index in [0.29, 0.717) is 12.8 Å². The summed E-state index contributed by atoms with van der Waals surface area (Å²) in [5, 5.41) is 19.7. The summed E-state index contributed by atoms with van der Waals surface area (Å²) in [6.07, 6.45) is 2.25. The maximum atomic E-state index is 11.3. The molecule has 0 atom stereocenters. The largest absolute Gasteiger partial charge is 0.395 e. The number of nitriles is 1. The monoisotopic (exact) mass is 168 g/mol. The van der Waals surface area contributed by atoms with Crippen LogP contribution in [0.4, 0.5) is 0 Å². The highest BCUT2D eigenvalue weighted by Crippen LogP contribution is 2.40. The van der Waals surface area contributed by atoms with Crippen molar-refractivity contribution < 1.29 is 9.90 Å². The van der Waals surface area contributed by atoms with Crippen molar-refractivity contribution >= 4 is 5.91 Å². The van der Waals surface area contributed by atoms with Gasteiger partial charge < -0.3 is 10.4 Å². The van der Waals surface area contributed by atoms with Crippen molar-refractivity contribution in [2.75, 3.05) is 13.2 Å². The molecule has 66 valence electrons. The minimum Gasteiger partial charge on any atom is -0.395 e. The van der Waals surface area contributed by atoms with E-state index < -0.39 is 5.41 Å². The molecule has 12 heavy (non-hydrogen) atoms. The summed E-state index contributed by atoms with van der Waals surface area (Å²) in [7, 11) is 0. The molecule has 4 heteroatoms. The van der Waals surface area contributed by atoms with Gasteiger partial charge in [0.1, 0.15) is 5.41 Å². The molecule has 4 nitrogen and oxygen atoms in total. The van der Waals surface area contributed by atoms with Crippen molar-refractivity contribution in [3.8, 4) is 6.07 Å². The highest BCUT2D eigenvalue weighted by molar-refractivity contribution is 5.86. The Hall–Kier alpha value is -1.08. The molecule has 0 aliphatic heterocycles. The number of hydrogen-bond donors (Lipinski definition) is 2. The van der Waals surface area contributed by atoms with E-state index in [9.17, 15) is 4.79 Å². The topological polar surface area (TPSA) is 73.1 Å². The molecule has 1 aliphatic rings.